The molecule has 2 aromatic rings. The summed E-state index contributed by atoms with van der Waals surface area (Å²) in [6.45, 7) is 3.93. The zero-order valence-electron chi connectivity index (χ0n) is 10.8. The van der Waals surface area contributed by atoms with E-state index >= 15 is 0 Å². The fourth-order valence-corrected chi connectivity index (χ4v) is 2.16. The van der Waals surface area contributed by atoms with E-state index in [0.717, 1.165) is 16.9 Å². The maximum Gasteiger partial charge on any atom is 0.238 e. The molecule has 0 saturated heterocycles. The van der Waals surface area contributed by atoms with E-state index in [-0.39, 0.29) is 4.90 Å². The average Bonchev–Trinajstić information content (AvgIpc) is 2.33. The van der Waals surface area contributed by atoms with Crippen LogP contribution in [-0.2, 0) is 10.0 Å². The van der Waals surface area contributed by atoms with Crippen LogP contribution in [0.15, 0.2) is 47.4 Å². The van der Waals surface area contributed by atoms with Gasteiger partial charge in [-0.2, -0.15) is 0 Å². The molecule has 2 rings (SSSR count). The first kappa shape index (κ1) is 13.6. The van der Waals surface area contributed by atoms with Crippen molar-refractivity contribution in [1.29, 1.82) is 0 Å². The third-order valence-electron chi connectivity index (χ3n) is 2.72. The van der Waals surface area contributed by atoms with E-state index in [9.17, 15) is 8.42 Å². The summed E-state index contributed by atoms with van der Waals surface area (Å²) in [5.74, 6) is 1.32. The van der Waals surface area contributed by atoms with E-state index in [2.05, 4.69) is 0 Å². The lowest BCUT2D eigenvalue weighted by atomic mass is 10.1. The normalized spacial score (nSPS) is 11.3. The van der Waals surface area contributed by atoms with Gasteiger partial charge < -0.3 is 4.74 Å². The number of aryl methyl sites for hydroxylation is 2. The number of rotatable bonds is 3. The summed E-state index contributed by atoms with van der Waals surface area (Å²) < 4.78 is 28.0. The van der Waals surface area contributed by atoms with Crippen LogP contribution in [0, 0.1) is 13.8 Å². The fraction of sp³-hybridized carbons (Fsp3) is 0.143. The quantitative estimate of drug-likeness (QED) is 0.937. The molecule has 100 valence electrons. The van der Waals surface area contributed by atoms with Crippen molar-refractivity contribution in [2.75, 3.05) is 0 Å². The molecule has 0 heterocycles. The van der Waals surface area contributed by atoms with E-state index in [4.69, 9.17) is 9.88 Å². The molecule has 0 aliphatic heterocycles. The molecule has 0 spiro atoms. The largest absolute Gasteiger partial charge is 0.457 e. The van der Waals surface area contributed by atoms with Crippen molar-refractivity contribution >= 4 is 10.0 Å². The van der Waals surface area contributed by atoms with Crippen molar-refractivity contribution in [2.45, 2.75) is 18.7 Å². The molecule has 0 amide bonds. The van der Waals surface area contributed by atoms with Crippen molar-refractivity contribution in [3.63, 3.8) is 0 Å². The van der Waals surface area contributed by atoms with E-state index in [0.29, 0.717) is 5.75 Å². The van der Waals surface area contributed by atoms with Gasteiger partial charge in [0.15, 0.2) is 0 Å². The smallest absolute Gasteiger partial charge is 0.238 e. The number of hydrogen-bond donors (Lipinski definition) is 1. The SMILES string of the molecule is Cc1ccc(C)c(Oc2ccc(S(N)(=O)=O)cc2)c1. The standard InChI is InChI=1S/C14H15NO3S/c1-10-3-4-11(2)14(9-10)18-12-5-7-13(8-6-12)19(15,16)17/h3-9H,1-2H3,(H2,15,16,17). The second-order valence-corrected chi connectivity index (χ2v) is 5.95. The molecule has 4 nitrogen and oxygen atoms in total. The maximum atomic E-state index is 11.1. The first-order chi connectivity index (χ1) is 8.86. The Morgan fingerprint density at radius 3 is 2.21 bits per heavy atom. The van der Waals surface area contributed by atoms with Gasteiger partial charge in [0.05, 0.1) is 4.90 Å². The van der Waals surface area contributed by atoms with Crippen molar-refractivity contribution in [3.05, 3.63) is 53.6 Å². The maximum absolute atomic E-state index is 11.1. The van der Waals surface area contributed by atoms with Crippen LogP contribution in [0.25, 0.3) is 0 Å². The molecule has 2 N–H and O–H groups in total. The van der Waals surface area contributed by atoms with E-state index < -0.39 is 10.0 Å². The first-order valence-electron chi connectivity index (χ1n) is 5.74. The Morgan fingerprint density at radius 1 is 1.00 bits per heavy atom. The Balaban J connectivity index is 2.27. The molecule has 0 bridgehead atoms. The number of hydrogen-bond acceptors (Lipinski definition) is 3. The molecule has 2 aromatic carbocycles. The predicted octanol–water partition coefficient (Wildman–Crippen LogP) is 2.74. The predicted molar refractivity (Wildman–Crippen MR) is 73.8 cm³/mol. The molecular weight excluding hydrogens is 262 g/mol. The molecule has 0 aliphatic carbocycles. The summed E-state index contributed by atoms with van der Waals surface area (Å²) in [5.41, 5.74) is 2.11. The Hall–Kier alpha value is -1.85. The zero-order valence-corrected chi connectivity index (χ0v) is 11.6. The Bertz CT molecular complexity index is 691. The topological polar surface area (TPSA) is 69.4 Å². The van der Waals surface area contributed by atoms with Crippen molar-refractivity contribution in [3.8, 4) is 11.5 Å². The molecule has 0 aromatic heterocycles. The third kappa shape index (κ3) is 3.33. The summed E-state index contributed by atoms with van der Waals surface area (Å²) in [4.78, 5) is 0.0702. The minimum Gasteiger partial charge on any atom is -0.457 e. The first-order valence-corrected chi connectivity index (χ1v) is 7.29. The fourth-order valence-electron chi connectivity index (χ4n) is 1.64. The van der Waals surface area contributed by atoms with Gasteiger partial charge in [0.1, 0.15) is 11.5 Å². The minimum atomic E-state index is -3.66. The van der Waals surface area contributed by atoms with Crippen LogP contribution in [0.1, 0.15) is 11.1 Å². The molecule has 0 saturated carbocycles. The van der Waals surface area contributed by atoms with Gasteiger partial charge in [-0.15, -0.1) is 0 Å². The third-order valence-corrected chi connectivity index (χ3v) is 3.65. The number of sulfonamides is 1. The van der Waals surface area contributed by atoms with Crippen molar-refractivity contribution < 1.29 is 13.2 Å². The summed E-state index contributed by atoms with van der Waals surface area (Å²) in [5, 5.41) is 5.03. The molecule has 5 heteroatoms. The van der Waals surface area contributed by atoms with Crippen LogP contribution < -0.4 is 9.88 Å². The number of primary sulfonamides is 1. The molecule has 0 fully saturated rings. The van der Waals surface area contributed by atoms with Gasteiger partial charge >= 0.3 is 0 Å². The van der Waals surface area contributed by atoms with Crippen molar-refractivity contribution in [2.24, 2.45) is 5.14 Å². The van der Waals surface area contributed by atoms with Crippen LogP contribution in [0.4, 0.5) is 0 Å². The highest BCUT2D eigenvalue weighted by Gasteiger charge is 2.08. The zero-order chi connectivity index (χ0) is 14.0. The summed E-state index contributed by atoms with van der Waals surface area (Å²) in [6.07, 6.45) is 0. The number of nitrogens with two attached hydrogens (primary N) is 1. The van der Waals surface area contributed by atoms with E-state index in [1.165, 1.54) is 12.1 Å². The van der Waals surface area contributed by atoms with E-state index in [1.807, 2.05) is 32.0 Å². The van der Waals surface area contributed by atoms with Crippen LogP contribution in [0.3, 0.4) is 0 Å². The van der Waals surface area contributed by atoms with Gasteiger partial charge in [0.2, 0.25) is 10.0 Å². The van der Waals surface area contributed by atoms with Gasteiger partial charge in [-0.1, -0.05) is 12.1 Å². The summed E-state index contributed by atoms with van der Waals surface area (Å²) in [7, 11) is -3.66. The second kappa shape index (κ2) is 5.03. The van der Waals surface area contributed by atoms with Gasteiger partial charge in [-0.25, -0.2) is 13.6 Å². The van der Waals surface area contributed by atoms with Gasteiger partial charge in [0.25, 0.3) is 0 Å². The van der Waals surface area contributed by atoms with Crippen LogP contribution in [-0.4, -0.2) is 8.42 Å². The monoisotopic (exact) mass is 277 g/mol. The second-order valence-electron chi connectivity index (χ2n) is 4.39. The highest BCUT2D eigenvalue weighted by molar-refractivity contribution is 7.89. The number of ether oxygens (including phenoxy) is 1. The summed E-state index contributed by atoms with van der Waals surface area (Å²) >= 11 is 0. The Kier molecular flexibility index (Phi) is 3.59. The lowest BCUT2D eigenvalue weighted by Gasteiger charge is -2.09. The lowest BCUT2D eigenvalue weighted by molar-refractivity contribution is 0.478. The summed E-state index contributed by atoms with van der Waals surface area (Å²) in [6, 6.07) is 11.9. The molecule has 0 unspecified atom stereocenters. The molecule has 0 atom stereocenters. The Morgan fingerprint density at radius 2 is 1.63 bits per heavy atom. The highest BCUT2D eigenvalue weighted by Crippen LogP contribution is 2.26. The highest BCUT2D eigenvalue weighted by atomic mass is 32.2. The molecule has 0 radical (unpaired) electrons. The van der Waals surface area contributed by atoms with Crippen LogP contribution in [0.5, 0.6) is 11.5 Å². The average molecular weight is 277 g/mol. The van der Waals surface area contributed by atoms with Crippen LogP contribution in [0.2, 0.25) is 0 Å². The Labute approximate surface area is 112 Å². The van der Waals surface area contributed by atoms with Gasteiger partial charge in [0, 0.05) is 0 Å². The van der Waals surface area contributed by atoms with Crippen LogP contribution >= 0.6 is 0 Å². The lowest BCUT2D eigenvalue weighted by Crippen LogP contribution is -2.11. The van der Waals surface area contributed by atoms with Gasteiger partial charge in [-0.3, -0.25) is 0 Å². The molecule has 19 heavy (non-hydrogen) atoms. The van der Waals surface area contributed by atoms with Gasteiger partial charge in [-0.05, 0) is 55.3 Å². The minimum absolute atomic E-state index is 0.0702. The van der Waals surface area contributed by atoms with E-state index in [1.54, 1.807) is 12.1 Å². The number of benzene rings is 2. The van der Waals surface area contributed by atoms with Crippen molar-refractivity contribution in [1.82, 2.24) is 0 Å². The molecule has 0 aliphatic rings. The molecular formula is C14H15NO3S.